The Morgan fingerprint density at radius 3 is 2.18 bits per heavy atom. The Morgan fingerprint density at radius 1 is 1.18 bits per heavy atom. The molecule has 1 unspecified atom stereocenters. The van der Waals surface area contributed by atoms with Crippen LogP contribution in [0.3, 0.4) is 0 Å². The molecule has 4 nitrogen and oxygen atoms in total. The third-order valence-corrected chi connectivity index (χ3v) is 3.43. The van der Waals surface area contributed by atoms with E-state index in [0.29, 0.717) is 30.2 Å². The van der Waals surface area contributed by atoms with Crippen LogP contribution in [-0.4, -0.2) is 41.4 Å². The molecule has 0 fully saturated rings. The first-order chi connectivity index (χ1) is 10.5. The average molecular weight is 322 g/mol. The van der Waals surface area contributed by atoms with Gasteiger partial charge in [0.15, 0.2) is 5.78 Å². The molecule has 0 saturated carbocycles. The summed E-state index contributed by atoms with van der Waals surface area (Å²) in [6, 6.07) is 6.48. The molecule has 1 rings (SSSR count). The zero-order valence-corrected chi connectivity index (χ0v) is 13.1. The number of ketones is 1. The zero-order chi connectivity index (χ0) is 16.5. The van der Waals surface area contributed by atoms with Crippen LogP contribution < -0.4 is 0 Å². The van der Waals surface area contributed by atoms with Gasteiger partial charge < -0.3 is 5.11 Å². The third kappa shape index (κ3) is 5.84. The van der Waals surface area contributed by atoms with Gasteiger partial charge in [-0.05, 0) is 24.3 Å². The quantitative estimate of drug-likeness (QED) is 0.530. The van der Waals surface area contributed by atoms with Gasteiger partial charge >= 0.3 is 5.97 Å². The summed E-state index contributed by atoms with van der Waals surface area (Å²) in [6.07, 6.45) is 3.22. The number of carbonyl (C=O) groups is 2. The molecule has 22 heavy (non-hydrogen) atoms. The van der Waals surface area contributed by atoms with Crippen LogP contribution >= 0.6 is 11.6 Å². The Labute approximate surface area is 135 Å². The Balaban J connectivity index is 2.92. The molecule has 1 atom stereocenters. The van der Waals surface area contributed by atoms with Crippen LogP contribution in [0, 0.1) is 5.92 Å². The SMILES string of the molecule is C=CCN(CC=C)CC(CC(=O)O)C(=O)c1ccc(Cl)cc1. The summed E-state index contributed by atoms with van der Waals surface area (Å²) < 4.78 is 0. The van der Waals surface area contributed by atoms with E-state index in [9.17, 15) is 9.59 Å². The molecule has 0 heterocycles. The molecule has 1 aromatic carbocycles. The van der Waals surface area contributed by atoms with Crippen molar-refractivity contribution in [3.63, 3.8) is 0 Å². The number of hydrogen-bond donors (Lipinski definition) is 1. The summed E-state index contributed by atoms with van der Waals surface area (Å²) in [5.74, 6) is -1.82. The Hall–Kier alpha value is -1.91. The van der Waals surface area contributed by atoms with Crippen molar-refractivity contribution in [2.75, 3.05) is 19.6 Å². The number of rotatable bonds is 10. The van der Waals surface area contributed by atoms with Gasteiger partial charge in [0, 0.05) is 36.1 Å². The van der Waals surface area contributed by atoms with Crippen molar-refractivity contribution >= 4 is 23.4 Å². The number of benzene rings is 1. The van der Waals surface area contributed by atoms with Crippen LogP contribution in [0.25, 0.3) is 0 Å². The van der Waals surface area contributed by atoms with Gasteiger partial charge in [-0.2, -0.15) is 0 Å². The number of carboxylic acids is 1. The van der Waals surface area contributed by atoms with Crippen molar-refractivity contribution in [3.8, 4) is 0 Å². The molecular weight excluding hydrogens is 302 g/mol. The fourth-order valence-electron chi connectivity index (χ4n) is 2.20. The molecule has 1 N–H and O–H groups in total. The van der Waals surface area contributed by atoms with Gasteiger partial charge in [0.25, 0.3) is 0 Å². The topological polar surface area (TPSA) is 57.6 Å². The van der Waals surface area contributed by atoms with E-state index >= 15 is 0 Å². The summed E-state index contributed by atoms with van der Waals surface area (Å²) >= 11 is 5.81. The van der Waals surface area contributed by atoms with Gasteiger partial charge in [-0.25, -0.2) is 0 Å². The lowest BCUT2D eigenvalue weighted by Crippen LogP contribution is -2.35. The van der Waals surface area contributed by atoms with E-state index in [4.69, 9.17) is 16.7 Å². The first-order valence-corrected chi connectivity index (χ1v) is 7.31. The lowest BCUT2D eigenvalue weighted by Gasteiger charge is -2.24. The Bertz CT molecular complexity index is 529. The molecule has 0 saturated heterocycles. The summed E-state index contributed by atoms with van der Waals surface area (Å²) in [5.41, 5.74) is 0.466. The molecule has 0 aliphatic rings. The number of aliphatic carboxylic acids is 1. The molecular formula is C17H20ClNO3. The van der Waals surface area contributed by atoms with Crippen molar-refractivity contribution in [2.24, 2.45) is 5.92 Å². The van der Waals surface area contributed by atoms with Gasteiger partial charge in [-0.1, -0.05) is 23.8 Å². The molecule has 0 spiro atoms. The molecule has 5 heteroatoms. The smallest absolute Gasteiger partial charge is 0.304 e. The number of nitrogens with zero attached hydrogens (tertiary/aromatic N) is 1. The monoisotopic (exact) mass is 321 g/mol. The van der Waals surface area contributed by atoms with Gasteiger partial charge in [-0.3, -0.25) is 14.5 Å². The second-order valence-electron chi connectivity index (χ2n) is 4.96. The molecule has 0 aliphatic heterocycles. The Kier molecular flexibility index (Phi) is 7.57. The highest BCUT2D eigenvalue weighted by molar-refractivity contribution is 6.30. The lowest BCUT2D eigenvalue weighted by atomic mass is 9.94. The van der Waals surface area contributed by atoms with Crippen LogP contribution in [0.5, 0.6) is 0 Å². The summed E-state index contributed by atoms with van der Waals surface area (Å²) in [4.78, 5) is 25.5. The van der Waals surface area contributed by atoms with Gasteiger partial charge in [0.05, 0.1) is 6.42 Å². The zero-order valence-electron chi connectivity index (χ0n) is 12.4. The first kappa shape index (κ1) is 18.1. The molecule has 1 aromatic rings. The van der Waals surface area contributed by atoms with Crippen molar-refractivity contribution in [3.05, 3.63) is 60.2 Å². The predicted octanol–water partition coefficient (Wildman–Crippen LogP) is 3.29. The predicted molar refractivity (Wildman–Crippen MR) is 88.4 cm³/mol. The molecule has 0 aromatic heterocycles. The average Bonchev–Trinajstić information content (AvgIpc) is 2.46. The van der Waals surface area contributed by atoms with E-state index in [1.54, 1.807) is 36.4 Å². The maximum absolute atomic E-state index is 12.6. The first-order valence-electron chi connectivity index (χ1n) is 6.93. The molecule has 0 aliphatic carbocycles. The van der Waals surface area contributed by atoms with Crippen LogP contribution in [0.4, 0.5) is 0 Å². The van der Waals surface area contributed by atoms with E-state index in [0.717, 1.165) is 0 Å². The summed E-state index contributed by atoms with van der Waals surface area (Å²) in [6.45, 7) is 8.81. The maximum Gasteiger partial charge on any atom is 0.304 e. The van der Waals surface area contributed by atoms with Crippen LogP contribution in [0.1, 0.15) is 16.8 Å². The minimum Gasteiger partial charge on any atom is -0.481 e. The van der Waals surface area contributed by atoms with Crippen molar-refractivity contribution in [2.45, 2.75) is 6.42 Å². The van der Waals surface area contributed by atoms with Crippen molar-refractivity contribution < 1.29 is 14.7 Å². The highest BCUT2D eigenvalue weighted by Crippen LogP contribution is 2.17. The fraction of sp³-hybridized carbons (Fsp3) is 0.294. The summed E-state index contributed by atoms with van der Waals surface area (Å²) in [5, 5.41) is 9.60. The molecule has 118 valence electrons. The second kappa shape index (κ2) is 9.18. The third-order valence-electron chi connectivity index (χ3n) is 3.17. The van der Waals surface area contributed by atoms with E-state index in [2.05, 4.69) is 13.2 Å². The van der Waals surface area contributed by atoms with E-state index in [1.165, 1.54) is 0 Å². The molecule has 0 amide bonds. The molecule has 0 radical (unpaired) electrons. The Morgan fingerprint density at radius 2 is 1.73 bits per heavy atom. The van der Waals surface area contributed by atoms with Crippen LogP contribution in [-0.2, 0) is 4.79 Å². The number of Topliss-reactive ketones (excluding diaryl/α,β-unsaturated/α-hetero) is 1. The second-order valence-corrected chi connectivity index (χ2v) is 5.40. The van der Waals surface area contributed by atoms with Gasteiger partial charge in [-0.15, -0.1) is 13.2 Å². The van der Waals surface area contributed by atoms with Crippen LogP contribution in [0.2, 0.25) is 5.02 Å². The standard InChI is InChI=1S/C17H20ClNO3/c1-3-9-19(10-4-2)12-14(11-16(20)21)17(22)13-5-7-15(18)8-6-13/h3-8,14H,1-2,9-12H2,(H,20,21). The number of carbonyl (C=O) groups excluding carboxylic acids is 1. The lowest BCUT2D eigenvalue weighted by molar-refractivity contribution is -0.137. The van der Waals surface area contributed by atoms with Crippen molar-refractivity contribution in [1.29, 1.82) is 0 Å². The van der Waals surface area contributed by atoms with E-state index < -0.39 is 11.9 Å². The maximum atomic E-state index is 12.6. The van der Waals surface area contributed by atoms with Gasteiger partial charge in [0.2, 0.25) is 0 Å². The number of carboxylic acid groups (broad SMARTS) is 1. The number of halogens is 1. The highest BCUT2D eigenvalue weighted by Gasteiger charge is 2.25. The normalized spacial score (nSPS) is 11.9. The highest BCUT2D eigenvalue weighted by atomic mass is 35.5. The fourth-order valence-corrected chi connectivity index (χ4v) is 2.33. The minimum atomic E-state index is -0.996. The van der Waals surface area contributed by atoms with Crippen LogP contribution in [0.15, 0.2) is 49.6 Å². The minimum absolute atomic E-state index is 0.197. The van der Waals surface area contributed by atoms with E-state index in [-0.39, 0.29) is 12.2 Å². The van der Waals surface area contributed by atoms with Crippen molar-refractivity contribution in [1.82, 2.24) is 4.90 Å². The van der Waals surface area contributed by atoms with Gasteiger partial charge in [0.1, 0.15) is 0 Å². The summed E-state index contributed by atoms with van der Waals surface area (Å²) in [7, 11) is 0. The van der Waals surface area contributed by atoms with E-state index in [1.807, 2.05) is 4.90 Å². The number of hydrogen-bond acceptors (Lipinski definition) is 3. The molecule has 0 bridgehead atoms. The largest absolute Gasteiger partial charge is 0.481 e.